The van der Waals surface area contributed by atoms with Gasteiger partial charge in [0.1, 0.15) is 5.67 Å². The van der Waals surface area contributed by atoms with Crippen LogP contribution in [0.15, 0.2) is 0 Å². The lowest BCUT2D eigenvalue weighted by Gasteiger charge is -2.44. The van der Waals surface area contributed by atoms with Crippen molar-refractivity contribution in [3.05, 3.63) is 0 Å². The van der Waals surface area contributed by atoms with Crippen molar-refractivity contribution in [2.24, 2.45) is 0 Å². The van der Waals surface area contributed by atoms with Crippen molar-refractivity contribution in [2.45, 2.75) is 51.4 Å². The lowest BCUT2D eigenvalue weighted by Crippen LogP contribution is -2.57. The molecule has 3 nitrogen and oxygen atoms in total. The molecular formula is C14H28FN3. The fraction of sp³-hybridized carbons (Fsp3) is 1.00. The van der Waals surface area contributed by atoms with Crippen LogP contribution in [-0.2, 0) is 0 Å². The van der Waals surface area contributed by atoms with Crippen molar-refractivity contribution in [2.75, 3.05) is 39.3 Å². The Morgan fingerprint density at radius 3 is 2.50 bits per heavy atom. The summed E-state index contributed by atoms with van der Waals surface area (Å²) in [6, 6.07) is 1.08. The summed E-state index contributed by atoms with van der Waals surface area (Å²) in [7, 11) is 0. The zero-order chi connectivity index (χ0) is 13.2. The van der Waals surface area contributed by atoms with Gasteiger partial charge in [0.15, 0.2) is 0 Å². The van der Waals surface area contributed by atoms with Gasteiger partial charge in [-0.15, -0.1) is 0 Å². The molecule has 2 aliphatic rings. The van der Waals surface area contributed by atoms with Crippen molar-refractivity contribution in [3.63, 3.8) is 0 Å². The van der Waals surface area contributed by atoms with Crippen LogP contribution in [0.3, 0.4) is 0 Å². The van der Waals surface area contributed by atoms with Crippen molar-refractivity contribution in [1.82, 2.24) is 15.1 Å². The normalized spacial score (nSPS) is 30.8. The number of piperidine rings is 1. The summed E-state index contributed by atoms with van der Waals surface area (Å²) in [5, 5.41) is 3.24. The minimum atomic E-state index is -0.959. The first kappa shape index (κ1) is 14.2. The second-order valence-corrected chi connectivity index (χ2v) is 6.31. The third-order valence-electron chi connectivity index (χ3n) is 4.51. The quantitative estimate of drug-likeness (QED) is 0.826. The van der Waals surface area contributed by atoms with E-state index in [0.717, 1.165) is 32.7 Å². The van der Waals surface area contributed by atoms with Gasteiger partial charge in [-0.2, -0.15) is 0 Å². The summed E-state index contributed by atoms with van der Waals surface area (Å²) in [6.45, 7) is 12.2. The van der Waals surface area contributed by atoms with Crippen LogP contribution in [0, 0.1) is 0 Å². The molecule has 0 spiro atoms. The zero-order valence-corrected chi connectivity index (χ0v) is 12.1. The maximum Gasteiger partial charge on any atom is 0.126 e. The molecule has 2 heterocycles. The van der Waals surface area contributed by atoms with Crippen LogP contribution in [0.5, 0.6) is 0 Å². The molecule has 0 amide bonds. The van der Waals surface area contributed by atoms with Crippen molar-refractivity contribution in [3.8, 4) is 0 Å². The van der Waals surface area contributed by atoms with Crippen LogP contribution >= 0.6 is 0 Å². The van der Waals surface area contributed by atoms with Gasteiger partial charge in [0.2, 0.25) is 0 Å². The molecule has 2 rings (SSSR count). The molecule has 0 radical (unpaired) electrons. The molecule has 106 valence electrons. The number of hydrogen-bond acceptors (Lipinski definition) is 3. The molecule has 0 aromatic rings. The highest BCUT2D eigenvalue weighted by atomic mass is 19.1. The van der Waals surface area contributed by atoms with Gasteiger partial charge in [0.05, 0.1) is 0 Å². The highest BCUT2D eigenvalue weighted by Gasteiger charge is 2.36. The fourth-order valence-corrected chi connectivity index (χ4v) is 3.12. The molecule has 0 aromatic carbocycles. The van der Waals surface area contributed by atoms with Gasteiger partial charge in [0, 0.05) is 38.3 Å². The number of rotatable bonds is 3. The molecule has 0 aromatic heterocycles. The average molecular weight is 257 g/mol. The number of halogens is 1. The molecule has 0 saturated carbocycles. The van der Waals surface area contributed by atoms with Crippen molar-refractivity contribution >= 4 is 0 Å². The third kappa shape index (κ3) is 3.43. The molecule has 0 bridgehead atoms. The highest BCUT2D eigenvalue weighted by Crippen LogP contribution is 2.26. The maximum atomic E-state index is 14.7. The van der Waals surface area contributed by atoms with Crippen LogP contribution in [0.2, 0.25) is 0 Å². The predicted octanol–water partition coefficient (Wildman–Crippen LogP) is 1.49. The Labute approximate surface area is 111 Å². The number of nitrogens with zero attached hydrogens (tertiary/aromatic N) is 2. The van der Waals surface area contributed by atoms with Crippen LogP contribution in [0.25, 0.3) is 0 Å². The van der Waals surface area contributed by atoms with Crippen molar-refractivity contribution in [1.29, 1.82) is 0 Å². The summed E-state index contributed by atoms with van der Waals surface area (Å²) in [5.74, 6) is 0. The van der Waals surface area contributed by atoms with Crippen LogP contribution < -0.4 is 5.32 Å². The first-order valence-corrected chi connectivity index (χ1v) is 7.38. The summed E-state index contributed by atoms with van der Waals surface area (Å²) >= 11 is 0. The van der Waals surface area contributed by atoms with Gasteiger partial charge in [-0.25, -0.2) is 4.39 Å². The lowest BCUT2D eigenvalue weighted by atomic mass is 9.93. The van der Waals surface area contributed by atoms with Crippen LogP contribution in [0.4, 0.5) is 4.39 Å². The lowest BCUT2D eigenvalue weighted by molar-refractivity contribution is 0.00376. The molecule has 2 aliphatic heterocycles. The summed E-state index contributed by atoms with van der Waals surface area (Å²) in [5.41, 5.74) is -0.959. The van der Waals surface area contributed by atoms with Crippen molar-refractivity contribution < 1.29 is 4.39 Å². The Morgan fingerprint density at radius 2 is 1.94 bits per heavy atom. The number of piperazine rings is 1. The third-order valence-corrected chi connectivity index (χ3v) is 4.51. The van der Waals surface area contributed by atoms with Crippen LogP contribution in [-0.4, -0.2) is 66.8 Å². The second-order valence-electron chi connectivity index (χ2n) is 6.31. The van der Waals surface area contributed by atoms with E-state index in [4.69, 9.17) is 0 Å². The molecule has 2 saturated heterocycles. The summed E-state index contributed by atoms with van der Waals surface area (Å²) < 4.78 is 14.7. The summed E-state index contributed by atoms with van der Waals surface area (Å²) in [4.78, 5) is 4.85. The number of hydrogen-bond donors (Lipinski definition) is 1. The minimum absolute atomic E-state index is 0.476. The highest BCUT2D eigenvalue weighted by molar-refractivity contribution is 4.91. The Bertz CT molecular complexity index is 264. The predicted molar refractivity (Wildman–Crippen MR) is 73.7 cm³/mol. The van der Waals surface area contributed by atoms with Gasteiger partial charge in [-0.3, -0.25) is 9.80 Å². The standard InChI is InChI=1S/C14H28FN3/c1-12(2)17-8-9-18(13(3)10-17)11-14(15)4-6-16-7-5-14/h12-13,16H,4-11H2,1-3H3/t13-/m0/s1. The number of alkyl halides is 1. The van der Waals surface area contributed by atoms with E-state index in [1.807, 2.05) is 0 Å². The van der Waals surface area contributed by atoms with E-state index in [2.05, 4.69) is 35.9 Å². The number of nitrogens with one attached hydrogen (secondary N) is 1. The zero-order valence-electron chi connectivity index (χ0n) is 12.1. The van der Waals surface area contributed by atoms with Gasteiger partial charge >= 0.3 is 0 Å². The van der Waals surface area contributed by atoms with E-state index < -0.39 is 5.67 Å². The van der Waals surface area contributed by atoms with E-state index >= 15 is 0 Å². The Hall–Kier alpha value is -0.190. The molecule has 4 heteroatoms. The Morgan fingerprint density at radius 1 is 1.28 bits per heavy atom. The molecule has 18 heavy (non-hydrogen) atoms. The topological polar surface area (TPSA) is 18.5 Å². The molecule has 0 unspecified atom stereocenters. The Balaban J connectivity index is 1.87. The molecule has 1 N–H and O–H groups in total. The fourth-order valence-electron chi connectivity index (χ4n) is 3.12. The first-order chi connectivity index (χ1) is 8.50. The summed E-state index contributed by atoms with van der Waals surface area (Å²) in [6.07, 6.45) is 1.34. The molecule has 0 aliphatic carbocycles. The van der Waals surface area contributed by atoms with Crippen LogP contribution in [0.1, 0.15) is 33.6 Å². The van der Waals surface area contributed by atoms with E-state index in [9.17, 15) is 4.39 Å². The largest absolute Gasteiger partial charge is 0.316 e. The van der Waals surface area contributed by atoms with E-state index in [1.54, 1.807) is 0 Å². The molecular weight excluding hydrogens is 229 g/mol. The molecule has 1 atom stereocenters. The second kappa shape index (κ2) is 5.85. The molecule has 2 fully saturated rings. The Kier molecular flexibility index (Phi) is 4.62. The SMILES string of the molecule is CC(C)N1CCN(CC2(F)CCNCC2)[C@@H](C)C1. The van der Waals surface area contributed by atoms with Gasteiger partial charge in [-0.05, 0) is 46.7 Å². The minimum Gasteiger partial charge on any atom is -0.316 e. The van der Waals surface area contributed by atoms with Gasteiger partial charge in [0.25, 0.3) is 0 Å². The monoisotopic (exact) mass is 257 g/mol. The van der Waals surface area contributed by atoms with E-state index in [-0.39, 0.29) is 0 Å². The van der Waals surface area contributed by atoms with Gasteiger partial charge < -0.3 is 5.32 Å². The smallest absolute Gasteiger partial charge is 0.126 e. The first-order valence-electron chi connectivity index (χ1n) is 7.38. The maximum absolute atomic E-state index is 14.7. The van der Waals surface area contributed by atoms with E-state index in [0.29, 0.717) is 31.5 Å². The average Bonchev–Trinajstić information content (AvgIpc) is 2.32. The van der Waals surface area contributed by atoms with Gasteiger partial charge in [-0.1, -0.05) is 0 Å². The van der Waals surface area contributed by atoms with E-state index in [1.165, 1.54) is 0 Å².